The second kappa shape index (κ2) is 6.78. The molecule has 0 aliphatic carbocycles. The highest BCUT2D eigenvalue weighted by Gasteiger charge is 2.20. The number of benzene rings is 1. The summed E-state index contributed by atoms with van der Waals surface area (Å²) in [5.74, 6) is -2.45. The highest BCUT2D eigenvalue weighted by molar-refractivity contribution is 7.10. The highest BCUT2D eigenvalue weighted by atomic mass is 32.1. The molecule has 0 aliphatic heterocycles. The first-order valence-corrected chi connectivity index (χ1v) is 7.30. The first-order chi connectivity index (χ1) is 10.0. The fraction of sp³-hybridized carbons (Fsp3) is 0.267. The first kappa shape index (κ1) is 15.6. The number of amides is 1. The highest BCUT2D eigenvalue weighted by Crippen LogP contribution is 2.22. The van der Waals surface area contributed by atoms with Crippen LogP contribution in [-0.4, -0.2) is 31.4 Å². The van der Waals surface area contributed by atoms with E-state index in [2.05, 4.69) is 5.32 Å². The van der Waals surface area contributed by atoms with Crippen LogP contribution in [0, 0.1) is 11.6 Å². The van der Waals surface area contributed by atoms with Crippen LogP contribution >= 0.6 is 11.3 Å². The summed E-state index contributed by atoms with van der Waals surface area (Å²) >= 11 is 1.57. The van der Waals surface area contributed by atoms with E-state index < -0.39 is 23.1 Å². The molecule has 0 fully saturated rings. The van der Waals surface area contributed by atoms with Crippen LogP contribution in [0.1, 0.15) is 21.3 Å². The van der Waals surface area contributed by atoms with E-state index in [0.29, 0.717) is 0 Å². The monoisotopic (exact) mass is 310 g/mol. The van der Waals surface area contributed by atoms with Gasteiger partial charge in [-0.2, -0.15) is 0 Å². The Hall–Kier alpha value is -1.79. The SMILES string of the molecule is CN(C)[C@@H](CNC(=O)c1c(F)cccc1F)c1cccs1. The largest absolute Gasteiger partial charge is 0.350 e. The molecule has 3 nitrogen and oxygen atoms in total. The summed E-state index contributed by atoms with van der Waals surface area (Å²) in [5, 5.41) is 4.54. The fourth-order valence-electron chi connectivity index (χ4n) is 2.01. The average molecular weight is 310 g/mol. The number of hydrogen-bond donors (Lipinski definition) is 1. The molecule has 2 aromatic rings. The number of carbonyl (C=O) groups excluding carboxylic acids is 1. The van der Waals surface area contributed by atoms with Crippen molar-refractivity contribution in [1.29, 1.82) is 0 Å². The molecule has 2 rings (SSSR count). The van der Waals surface area contributed by atoms with Gasteiger partial charge in [0.1, 0.15) is 17.2 Å². The van der Waals surface area contributed by atoms with E-state index in [-0.39, 0.29) is 12.6 Å². The summed E-state index contributed by atoms with van der Waals surface area (Å²) in [6, 6.07) is 7.22. The normalized spacial score (nSPS) is 12.4. The van der Waals surface area contributed by atoms with Crippen molar-refractivity contribution in [3.05, 3.63) is 57.8 Å². The molecule has 112 valence electrons. The Labute approximate surface area is 126 Å². The molecule has 1 aromatic heterocycles. The molecule has 0 unspecified atom stereocenters. The Morgan fingerprint density at radius 2 is 1.90 bits per heavy atom. The van der Waals surface area contributed by atoms with E-state index in [4.69, 9.17) is 0 Å². The number of rotatable bonds is 5. The van der Waals surface area contributed by atoms with Crippen molar-refractivity contribution in [1.82, 2.24) is 10.2 Å². The molecule has 0 bridgehead atoms. The predicted octanol–water partition coefficient (Wildman–Crippen LogP) is 3.06. The van der Waals surface area contributed by atoms with Gasteiger partial charge in [0.2, 0.25) is 0 Å². The Kier molecular flexibility index (Phi) is 5.03. The third-order valence-corrected chi connectivity index (χ3v) is 4.11. The van der Waals surface area contributed by atoms with Gasteiger partial charge in [-0.1, -0.05) is 12.1 Å². The Morgan fingerprint density at radius 3 is 2.43 bits per heavy atom. The van der Waals surface area contributed by atoms with Gasteiger partial charge in [0.05, 0.1) is 6.04 Å². The lowest BCUT2D eigenvalue weighted by Gasteiger charge is -2.23. The number of nitrogens with zero attached hydrogens (tertiary/aromatic N) is 1. The topological polar surface area (TPSA) is 32.3 Å². The number of nitrogens with one attached hydrogen (secondary N) is 1. The van der Waals surface area contributed by atoms with Gasteiger partial charge in [-0.05, 0) is 37.7 Å². The quantitative estimate of drug-likeness (QED) is 0.920. The van der Waals surface area contributed by atoms with Gasteiger partial charge < -0.3 is 10.2 Å². The van der Waals surface area contributed by atoms with E-state index in [1.807, 2.05) is 36.5 Å². The smallest absolute Gasteiger partial charge is 0.257 e. The van der Waals surface area contributed by atoms with E-state index in [1.165, 1.54) is 6.07 Å². The molecule has 1 heterocycles. The maximum atomic E-state index is 13.5. The molecule has 0 aliphatic rings. The van der Waals surface area contributed by atoms with Crippen LogP contribution in [0.2, 0.25) is 0 Å². The molecule has 1 amide bonds. The molecule has 1 atom stereocenters. The lowest BCUT2D eigenvalue weighted by atomic mass is 10.1. The van der Waals surface area contributed by atoms with Gasteiger partial charge in [0.15, 0.2) is 0 Å². The number of hydrogen-bond acceptors (Lipinski definition) is 3. The Morgan fingerprint density at radius 1 is 1.24 bits per heavy atom. The van der Waals surface area contributed by atoms with Gasteiger partial charge in [-0.15, -0.1) is 11.3 Å². The first-order valence-electron chi connectivity index (χ1n) is 6.42. The van der Waals surface area contributed by atoms with E-state index in [0.717, 1.165) is 17.0 Å². The molecule has 0 spiro atoms. The van der Waals surface area contributed by atoms with Crippen molar-refractivity contribution in [2.45, 2.75) is 6.04 Å². The zero-order valence-electron chi connectivity index (χ0n) is 11.8. The summed E-state index contributed by atoms with van der Waals surface area (Å²) < 4.78 is 27.1. The number of likely N-dealkylation sites (N-methyl/N-ethyl adjacent to an activating group) is 1. The molecule has 0 radical (unpaired) electrons. The molecular formula is C15H16F2N2OS. The van der Waals surface area contributed by atoms with Crippen molar-refractivity contribution in [3.8, 4) is 0 Å². The summed E-state index contributed by atoms with van der Waals surface area (Å²) in [6.07, 6.45) is 0. The lowest BCUT2D eigenvalue weighted by molar-refractivity contribution is 0.0934. The van der Waals surface area contributed by atoms with Crippen LogP contribution in [-0.2, 0) is 0 Å². The zero-order valence-corrected chi connectivity index (χ0v) is 12.6. The molecule has 0 saturated carbocycles. The minimum atomic E-state index is -0.856. The van der Waals surface area contributed by atoms with Crippen molar-refractivity contribution in [2.24, 2.45) is 0 Å². The molecule has 1 aromatic carbocycles. The van der Waals surface area contributed by atoms with Crippen LogP contribution in [0.25, 0.3) is 0 Å². The maximum Gasteiger partial charge on any atom is 0.257 e. The van der Waals surface area contributed by atoms with Crippen molar-refractivity contribution in [3.63, 3.8) is 0 Å². The van der Waals surface area contributed by atoms with Gasteiger partial charge >= 0.3 is 0 Å². The zero-order chi connectivity index (χ0) is 15.4. The molecule has 6 heteroatoms. The fourth-order valence-corrected chi connectivity index (χ4v) is 2.93. The van der Waals surface area contributed by atoms with Crippen molar-refractivity contribution >= 4 is 17.2 Å². The van der Waals surface area contributed by atoms with Gasteiger partial charge in [-0.25, -0.2) is 8.78 Å². The molecule has 1 N–H and O–H groups in total. The van der Waals surface area contributed by atoms with Crippen molar-refractivity contribution in [2.75, 3.05) is 20.6 Å². The standard InChI is InChI=1S/C15H16F2N2OS/c1-19(2)12(13-7-4-8-21-13)9-18-15(20)14-10(16)5-3-6-11(14)17/h3-8,12H,9H2,1-2H3,(H,18,20)/t12-/m0/s1. The summed E-state index contributed by atoms with van der Waals surface area (Å²) in [4.78, 5) is 15.0. The van der Waals surface area contributed by atoms with Crippen LogP contribution in [0.5, 0.6) is 0 Å². The van der Waals surface area contributed by atoms with Gasteiger partial charge in [0.25, 0.3) is 5.91 Å². The summed E-state index contributed by atoms with van der Waals surface area (Å²) in [6.45, 7) is 0.278. The third kappa shape index (κ3) is 3.65. The summed E-state index contributed by atoms with van der Waals surface area (Å²) in [5.41, 5.74) is -0.541. The van der Waals surface area contributed by atoms with Crippen molar-refractivity contribution < 1.29 is 13.6 Å². The van der Waals surface area contributed by atoms with Crippen LogP contribution < -0.4 is 5.32 Å². The van der Waals surface area contributed by atoms with Crippen LogP contribution in [0.15, 0.2) is 35.7 Å². The van der Waals surface area contributed by atoms with E-state index in [9.17, 15) is 13.6 Å². The minimum absolute atomic E-state index is 0.0382. The molecule has 0 saturated heterocycles. The third-order valence-electron chi connectivity index (χ3n) is 3.14. The number of thiophene rings is 1. The van der Waals surface area contributed by atoms with Crippen LogP contribution in [0.3, 0.4) is 0 Å². The number of carbonyl (C=O) groups is 1. The van der Waals surface area contributed by atoms with Gasteiger partial charge in [0, 0.05) is 11.4 Å². The minimum Gasteiger partial charge on any atom is -0.350 e. The molecule has 21 heavy (non-hydrogen) atoms. The van der Waals surface area contributed by atoms with E-state index >= 15 is 0 Å². The second-order valence-corrected chi connectivity index (χ2v) is 5.78. The Balaban J connectivity index is 2.09. The Bertz CT molecular complexity index is 594. The lowest BCUT2D eigenvalue weighted by Crippen LogP contribution is -2.35. The molecular weight excluding hydrogens is 294 g/mol. The second-order valence-electron chi connectivity index (χ2n) is 4.80. The average Bonchev–Trinajstić information content (AvgIpc) is 2.92. The van der Waals surface area contributed by atoms with Crippen LogP contribution in [0.4, 0.5) is 8.78 Å². The predicted molar refractivity (Wildman–Crippen MR) is 79.4 cm³/mol. The van der Waals surface area contributed by atoms with Gasteiger partial charge in [-0.3, -0.25) is 4.79 Å². The maximum absolute atomic E-state index is 13.5. The number of halogens is 2. The summed E-state index contributed by atoms with van der Waals surface area (Å²) in [7, 11) is 3.78. The van der Waals surface area contributed by atoms with E-state index in [1.54, 1.807) is 11.3 Å².